The molecule has 2 rings (SSSR count). The molecule has 0 bridgehead atoms. The highest BCUT2D eigenvalue weighted by Crippen LogP contribution is 2.15. The monoisotopic (exact) mass is 291 g/mol. The number of aryl methyl sites for hydroxylation is 1. The molecule has 0 radical (unpaired) electrons. The van der Waals surface area contributed by atoms with Gasteiger partial charge in [-0.3, -0.25) is 9.59 Å². The summed E-state index contributed by atoms with van der Waals surface area (Å²) in [5.74, 6) is -1.86. The van der Waals surface area contributed by atoms with E-state index in [1.807, 2.05) is 12.1 Å². The number of unbranched alkanes of at least 4 members (excludes halogenated alkanes) is 1. The van der Waals surface area contributed by atoms with Gasteiger partial charge in [-0.2, -0.15) is 0 Å². The van der Waals surface area contributed by atoms with Gasteiger partial charge in [0.05, 0.1) is 19.3 Å². The van der Waals surface area contributed by atoms with Gasteiger partial charge in [-0.1, -0.05) is 25.5 Å². The highest BCUT2D eigenvalue weighted by atomic mass is 16.5. The van der Waals surface area contributed by atoms with Crippen molar-refractivity contribution in [2.24, 2.45) is 5.92 Å². The van der Waals surface area contributed by atoms with E-state index < -0.39 is 17.9 Å². The largest absolute Gasteiger partial charge is 0.481 e. The normalized spacial score (nSPS) is 21.2. The molecule has 0 saturated carbocycles. The Morgan fingerprint density at radius 3 is 2.62 bits per heavy atom. The van der Waals surface area contributed by atoms with Crippen molar-refractivity contribution in [3.05, 3.63) is 35.4 Å². The van der Waals surface area contributed by atoms with Crippen molar-refractivity contribution in [3.8, 4) is 0 Å². The van der Waals surface area contributed by atoms with Crippen LogP contribution in [0.15, 0.2) is 24.3 Å². The fourth-order valence-electron chi connectivity index (χ4n) is 2.40. The van der Waals surface area contributed by atoms with Crippen LogP contribution >= 0.6 is 0 Å². The Morgan fingerprint density at radius 2 is 2.00 bits per heavy atom. The molecule has 5 nitrogen and oxygen atoms in total. The molecule has 1 aliphatic heterocycles. The van der Waals surface area contributed by atoms with Crippen LogP contribution < -0.4 is 5.32 Å². The first-order valence-electron chi connectivity index (χ1n) is 7.32. The molecular weight excluding hydrogens is 270 g/mol. The SMILES string of the molecule is CCCCc1ccc(C(=O)NC2COCC2C(=O)O)cc1. The summed E-state index contributed by atoms with van der Waals surface area (Å²) in [5, 5.41) is 11.8. The summed E-state index contributed by atoms with van der Waals surface area (Å²) < 4.78 is 5.14. The minimum absolute atomic E-state index is 0.149. The Bertz CT molecular complexity index is 498. The van der Waals surface area contributed by atoms with Crippen molar-refractivity contribution in [1.82, 2.24) is 5.32 Å². The van der Waals surface area contributed by atoms with Crippen LogP contribution in [0.25, 0.3) is 0 Å². The van der Waals surface area contributed by atoms with Gasteiger partial charge < -0.3 is 15.2 Å². The van der Waals surface area contributed by atoms with E-state index >= 15 is 0 Å². The quantitative estimate of drug-likeness (QED) is 0.839. The minimum atomic E-state index is -0.937. The van der Waals surface area contributed by atoms with Crippen molar-refractivity contribution in [2.75, 3.05) is 13.2 Å². The molecule has 1 fully saturated rings. The number of benzene rings is 1. The number of hydrogen-bond donors (Lipinski definition) is 2. The second kappa shape index (κ2) is 7.22. The van der Waals surface area contributed by atoms with E-state index in [0.29, 0.717) is 5.56 Å². The first-order chi connectivity index (χ1) is 10.1. The maximum atomic E-state index is 12.1. The molecule has 2 atom stereocenters. The van der Waals surface area contributed by atoms with Gasteiger partial charge in [0, 0.05) is 5.56 Å². The molecule has 5 heteroatoms. The topological polar surface area (TPSA) is 75.6 Å². The summed E-state index contributed by atoms with van der Waals surface area (Å²) in [5.41, 5.74) is 1.76. The number of ether oxygens (including phenoxy) is 1. The Kier molecular flexibility index (Phi) is 5.33. The van der Waals surface area contributed by atoms with Crippen molar-refractivity contribution in [1.29, 1.82) is 0 Å². The van der Waals surface area contributed by atoms with Crippen LogP contribution in [0.4, 0.5) is 0 Å². The summed E-state index contributed by atoms with van der Waals surface area (Å²) in [7, 11) is 0. The van der Waals surface area contributed by atoms with Crippen molar-refractivity contribution < 1.29 is 19.4 Å². The predicted octanol–water partition coefficient (Wildman–Crippen LogP) is 1.86. The van der Waals surface area contributed by atoms with Crippen LogP contribution in [0, 0.1) is 5.92 Å². The molecule has 0 aromatic heterocycles. The standard InChI is InChI=1S/C16H21NO4/c1-2-3-4-11-5-7-12(8-6-11)15(18)17-14-10-21-9-13(14)16(19)20/h5-8,13-14H,2-4,9-10H2,1H3,(H,17,18)(H,19,20). The number of rotatable bonds is 6. The molecule has 1 aromatic carbocycles. The molecule has 2 unspecified atom stereocenters. The third-order valence-electron chi connectivity index (χ3n) is 3.75. The molecule has 1 aliphatic rings. The van der Waals surface area contributed by atoms with Gasteiger partial charge in [0.25, 0.3) is 5.91 Å². The number of nitrogens with one attached hydrogen (secondary N) is 1. The molecule has 1 heterocycles. The molecule has 114 valence electrons. The smallest absolute Gasteiger partial charge is 0.311 e. The van der Waals surface area contributed by atoms with Crippen LogP contribution in [-0.2, 0) is 16.0 Å². The minimum Gasteiger partial charge on any atom is -0.481 e. The average Bonchev–Trinajstić information content (AvgIpc) is 2.94. The Morgan fingerprint density at radius 1 is 1.29 bits per heavy atom. The Balaban J connectivity index is 1.95. The lowest BCUT2D eigenvalue weighted by atomic mass is 10.0. The Labute approximate surface area is 124 Å². The van der Waals surface area contributed by atoms with Crippen molar-refractivity contribution in [2.45, 2.75) is 32.2 Å². The maximum absolute atomic E-state index is 12.1. The number of amides is 1. The summed E-state index contributed by atoms with van der Waals surface area (Å²) in [4.78, 5) is 23.2. The van der Waals surface area contributed by atoms with E-state index in [4.69, 9.17) is 9.84 Å². The van der Waals surface area contributed by atoms with Gasteiger partial charge in [-0.05, 0) is 30.5 Å². The number of carbonyl (C=O) groups excluding carboxylic acids is 1. The van der Waals surface area contributed by atoms with E-state index in [0.717, 1.165) is 19.3 Å². The lowest BCUT2D eigenvalue weighted by molar-refractivity contribution is -0.142. The zero-order chi connectivity index (χ0) is 15.2. The van der Waals surface area contributed by atoms with E-state index in [-0.39, 0.29) is 19.1 Å². The molecule has 0 aliphatic carbocycles. The second-order valence-electron chi connectivity index (χ2n) is 5.36. The summed E-state index contributed by atoms with van der Waals surface area (Å²) in [6.07, 6.45) is 3.28. The summed E-state index contributed by atoms with van der Waals surface area (Å²) >= 11 is 0. The van der Waals surface area contributed by atoms with E-state index in [9.17, 15) is 9.59 Å². The molecule has 1 aromatic rings. The second-order valence-corrected chi connectivity index (χ2v) is 5.36. The van der Waals surface area contributed by atoms with Gasteiger partial charge in [-0.25, -0.2) is 0 Å². The highest BCUT2D eigenvalue weighted by Gasteiger charge is 2.35. The van der Waals surface area contributed by atoms with Crippen LogP contribution in [0.1, 0.15) is 35.7 Å². The Hall–Kier alpha value is -1.88. The van der Waals surface area contributed by atoms with Gasteiger partial charge in [0.2, 0.25) is 0 Å². The van der Waals surface area contributed by atoms with Crippen LogP contribution in [-0.4, -0.2) is 36.2 Å². The van der Waals surface area contributed by atoms with E-state index in [1.165, 1.54) is 5.56 Å². The summed E-state index contributed by atoms with van der Waals surface area (Å²) in [6.45, 7) is 2.54. The third kappa shape index (κ3) is 4.04. The number of carboxylic acids is 1. The fraction of sp³-hybridized carbons (Fsp3) is 0.500. The van der Waals surface area contributed by atoms with Crippen molar-refractivity contribution in [3.63, 3.8) is 0 Å². The lowest BCUT2D eigenvalue weighted by Crippen LogP contribution is -2.42. The first kappa shape index (κ1) is 15.5. The molecule has 21 heavy (non-hydrogen) atoms. The fourth-order valence-corrected chi connectivity index (χ4v) is 2.40. The number of carbonyl (C=O) groups is 2. The molecule has 2 N–H and O–H groups in total. The molecule has 0 spiro atoms. The van der Waals surface area contributed by atoms with Gasteiger partial charge >= 0.3 is 5.97 Å². The van der Waals surface area contributed by atoms with E-state index in [1.54, 1.807) is 12.1 Å². The van der Waals surface area contributed by atoms with Crippen LogP contribution in [0.5, 0.6) is 0 Å². The zero-order valence-corrected chi connectivity index (χ0v) is 12.2. The summed E-state index contributed by atoms with van der Waals surface area (Å²) in [6, 6.07) is 7.00. The molecule has 1 saturated heterocycles. The van der Waals surface area contributed by atoms with E-state index in [2.05, 4.69) is 12.2 Å². The van der Waals surface area contributed by atoms with Gasteiger partial charge in [-0.15, -0.1) is 0 Å². The first-order valence-corrected chi connectivity index (χ1v) is 7.32. The van der Waals surface area contributed by atoms with Gasteiger partial charge in [0.1, 0.15) is 5.92 Å². The number of hydrogen-bond acceptors (Lipinski definition) is 3. The highest BCUT2D eigenvalue weighted by molar-refractivity contribution is 5.94. The third-order valence-corrected chi connectivity index (χ3v) is 3.75. The number of carboxylic acid groups (broad SMARTS) is 1. The zero-order valence-electron chi connectivity index (χ0n) is 12.2. The van der Waals surface area contributed by atoms with Crippen molar-refractivity contribution >= 4 is 11.9 Å². The number of aliphatic carboxylic acids is 1. The van der Waals surface area contributed by atoms with Gasteiger partial charge in [0.15, 0.2) is 0 Å². The average molecular weight is 291 g/mol. The van der Waals surface area contributed by atoms with Crippen LogP contribution in [0.2, 0.25) is 0 Å². The van der Waals surface area contributed by atoms with Crippen LogP contribution in [0.3, 0.4) is 0 Å². The predicted molar refractivity (Wildman–Crippen MR) is 78.3 cm³/mol. The molecule has 1 amide bonds. The molecular formula is C16H21NO4. The lowest BCUT2D eigenvalue weighted by Gasteiger charge is -2.15. The maximum Gasteiger partial charge on any atom is 0.311 e.